The van der Waals surface area contributed by atoms with Gasteiger partial charge in [-0.2, -0.15) is 9.97 Å². The molecule has 2 aromatic rings. The summed E-state index contributed by atoms with van der Waals surface area (Å²) >= 11 is 0. The third-order valence-electron chi connectivity index (χ3n) is 3.21. The topological polar surface area (TPSA) is 59.4 Å². The van der Waals surface area contributed by atoms with Crippen molar-refractivity contribution in [2.45, 2.75) is 33.2 Å². The van der Waals surface area contributed by atoms with Crippen molar-refractivity contribution in [2.75, 3.05) is 5.32 Å². The van der Waals surface area contributed by atoms with Crippen molar-refractivity contribution in [3.63, 3.8) is 0 Å². The van der Waals surface area contributed by atoms with Crippen molar-refractivity contribution in [2.24, 2.45) is 11.1 Å². The fourth-order valence-corrected chi connectivity index (χ4v) is 1.88. The van der Waals surface area contributed by atoms with E-state index in [1.165, 1.54) is 6.07 Å². The summed E-state index contributed by atoms with van der Waals surface area (Å²) in [5.41, 5.74) is 0.407. The van der Waals surface area contributed by atoms with Gasteiger partial charge in [0, 0.05) is 19.7 Å². The van der Waals surface area contributed by atoms with Gasteiger partial charge in [-0.1, -0.05) is 37.2 Å². The van der Waals surface area contributed by atoms with E-state index in [2.05, 4.69) is 34.3 Å². The number of hydrogen-bond acceptors (Lipinski definition) is 5. The molecule has 0 saturated carbocycles. The van der Waals surface area contributed by atoms with Crippen LogP contribution in [0.4, 0.5) is 14.6 Å². The predicted octanol–water partition coefficient (Wildman–Crippen LogP) is 4.41. The first-order chi connectivity index (χ1) is 11.6. The van der Waals surface area contributed by atoms with Crippen LogP contribution in [0.5, 0.6) is 6.01 Å². The summed E-state index contributed by atoms with van der Waals surface area (Å²) in [6.45, 7) is 4.33. The molecule has 1 aromatic heterocycles. The van der Waals surface area contributed by atoms with Gasteiger partial charge < -0.3 is 10.2 Å². The lowest BCUT2D eigenvalue weighted by Crippen LogP contribution is -2.06. The minimum absolute atomic E-state index is 0. The molecule has 0 amide bonds. The maximum Gasteiger partial charge on any atom is 0.347 e. The minimum atomic E-state index is -0.650. The van der Waals surface area contributed by atoms with Crippen molar-refractivity contribution in [1.29, 1.82) is 0 Å². The molecule has 1 aromatic carbocycles. The van der Waals surface area contributed by atoms with Gasteiger partial charge in [0.2, 0.25) is 0 Å². The van der Waals surface area contributed by atoms with Crippen LogP contribution in [0.25, 0.3) is 0 Å². The Balaban J connectivity index is 0.00000312. The zero-order chi connectivity index (χ0) is 17.4. The Bertz CT molecular complexity index is 698. The monoisotopic (exact) mass is 336 g/mol. The molecule has 7 heteroatoms. The fraction of sp³-hybridized carbons (Fsp3) is 0.353. The standard InChI is InChI=1S/C17H20F2N4O.H2/c1-12(2)6-5-9-22-24-17-21-11-15(19)16(23-17)20-10-13-7-3-4-8-14(13)18;/h3-4,7-9,11-12H,5-6,10H2,1-2H3,(H,20,21,23);1H/b22-9+;. The van der Waals surface area contributed by atoms with E-state index in [0.29, 0.717) is 11.5 Å². The van der Waals surface area contributed by atoms with Gasteiger partial charge in [-0.15, -0.1) is 0 Å². The van der Waals surface area contributed by atoms with Gasteiger partial charge in [-0.25, -0.2) is 8.78 Å². The number of nitrogens with one attached hydrogen (secondary N) is 1. The summed E-state index contributed by atoms with van der Waals surface area (Å²) < 4.78 is 27.3. The maximum absolute atomic E-state index is 13.7. The van der Waals surface area contributed by atoms with Crippen LogP contribution in [0.1, 0.15) is 33.7 Å². The first-order valence-electron chi connectivity index (χ1n) is 7.75. The lowest BCUT2D eigenvalue weighted by molar-refractivity contribution is 0.312. The van der Waals surface area contributed by atoms with E-state index in [1.807, 2.05) is 0 Å². The van der Waals surface area contributed by atoms with Crippen LogP contribution in [0.3, 0.4) is 0 Å². The molecule has 0 aliphatic rings. The van der Waals surface area contributed by atoms with Gasteiger partial charge in [-0.05, 0) is 24.8 Å². The van der Waals surface area contributed by atoms with E-state index < -0.39 is 5.82 Å². The molecule has 1 N–H and O–H groups in total. The van der Waals surface area contributed by atoms with Gasteiger partial charge in [-0.3, -0.25) is 0 Å². The van der Waals surface area contributed by atoms with Gasteiger partial charge in [0.05, 0.1) is 6.20 Å². The summed E-state index contributed by atoms with van der Waals surface area (Å²) in [4.78, 5) is 12.6. The molecule has 1 heterocycles. The Labute approximate surface area is 141 Å². The highest BCUT2D eigenvalue weighted by Gasteiger charge is 2.09. The molecule has 0 atom stereocenters. The minimum Gasteiger partial charge on any atom is -0.363 e. The van der Waals surface area contributed by atoms with Crippen molar-refractivity contribution < 1.29 is 15.0 Å². The number of halogens is 2. The van der Waals surface area contributed by atoms with E-state index in [1.54, 1.807) is 24.4 Å². The smallest absolute Gasteiger partial charge is 0.347 e. The van der Waals surface area contributed by atoms with E-state index in [9.17, 15) is 8.78 Å². The molecule has 0 bridgehead atoms. The van der Waals surface area contributed by atoms with Crippen LogP contribution in [0.2, 0.25) is 0 Å². The van der Waals surface area contributed by atoms with Crippen molar-refractivity contribution in [1.82, 2.24) is 9.97 Å². The van der Waals surface area contributed by atoms with Crippen LogP contribution in [-0.4, -0.2) is 16.2 Å². The molecule has 0 aliphatic heterocycles. The molecule has 5 nitrogen and oxygen atoms in total. The van der Waals surface area contributed by atoms with Crippen LogP contribution in [-0.2, 0) is 6.54 Å². The van der Waals surface area contributed by atoms with Gasteiger partial charge in [0.25, 0.3) is 0 Å². The van der Waals surface area contributed by atoms with Gasteiger partial charge in [0.15, 0.2) is 11.6 Å². The van der Waals surface area contributed by atoms with E-state index in [0.717, 1.165) is 19.0 Å². The largest absolute Gasteiger partial charge is 0.363 e. The maximum atomic E-state index is 13.7. The predicted molar refractivity (Wildman–Crippen MR) is 91.0 cm³/mol. The number of anilines is 1. The number of benzene rings is 1. The second-order valence-corrected chi connectivity index (χ2v) is 5.64. The summed E-state index contributed by atoms with van der Waals surface area (Å²) in [5, 5.41) is 6.49. The quantitative estimate of drug-likeness (QED) is 0.573. The lowest BCUT2D eigenvalue weighted by Gasteiger charge is -2.08. The molecule has 0 saturated heterocycles. The Kier molecular flexibility index (Phi) is 6.60. The highest BCUT2D eigenvalue weighted by molar-refractivity contribution is 5.56. The average molecular weight is 336 g/mol. The van der Waals surface area contributed by atoms with Crippen molar-refractivity contribution in [3.05, 3.63) is 47.7 Å². The molecule has 0 aliphatic carbocycles. The van der Waals surface area contributed by atoms with Crippen molar-refractivity contribution >= 4 is 12.0 Å². The zero-order valence-electron chi connectivity index (χ0n) is 13.7. The first-order valence-corrected chi connectivity index (χ1v) is 7.75. The molecule has 24 heavy (non-hydrogen) atoms. The molecule has 0 radical (unpaired) electrons. The van der Waals surface area contributed by atoms with Crippen molar-refractivity contribution in [3.8, 4) is 6.01 Å². The molecule has 130 valence electrons. The normalized spacial score (nSPS) is 11.2. The Hall–Kier alpha value is -2.57. The Morgan fingerprint density at radius 2 is 2.08 bits per heavy atom. The molecule has 0 spiro atoms. The van der Waals surface area contributed by atoms with Crippen LogP contribution >= 0.6 is 0 Å². The van der Waals surface area contributed by atoms with Crippen LogP contribution in [0, 0.1) is 17.6 Å². The number of rotatable bonds is 8. The number of oxime groups is 1. The van der Waals surface area contributed by atoms with E-state index >= 15 is 0 Å². The highest BCUT2D eigenvalue weighted by atomic mass is 19.1. The van der Waals surface area contributed by atoms with Gasteiger partial charge >= 0.3 is 6.01 Å². The molecule has 0 fully saturated rings. The Morgan fingerprint density at radius 1 is 1.29 bits per heavy atom. The molecule has 2 rings (SSSR count). The average Bonchev–Trinajstić information content (AvgIpc) is 2.55. The number of hydrogen-bond donors (Lipinski definition) is 1. The summed E-state index contributed by atoms with van der Waals surface area (Å²) in [7, 11) is 0. The number of nitrogens with zero attached hydrogens (tertiary/aromatic N) is 3. The SMILES string of the molecule is CC(C)CC/C=N/Oc1ncc(F)c(NCc2ccccc2F)n1.[HH]. The molecular weight excluding hydrogens is 314 g/mol. The second kappa shape index (κ2) is 8.90. The Morgan fingerprint density at radius 3 is 2.83 bits per heavy atom. The summed E-state index contributed by atoms with van der Waals surface area (Å²) in [6.07, 6.45) is 4.37. The van der Waals surface area contributed by atoms with Crippen LogP contribution < -0.4 is 10.2 Å². The highest BCUT2D eigenvalue weighted by Crippen LogP contribution is 2.15. The first kappa shape index (κ1) is 17.8. The fourth-order valence-electron chi connectivity index (χ4n) is 1.88. The number of aromatic nitrogens is 2. The third-order valence-corrected chi connectivity index (χ3v) is 3.21. The van der Waals surface area contributed by atoms with E-state index in [4.69, 9.17) is 4.84 Å². The van der Waals surface area contributed by atoms with E-state index in [-0.39, 0.29) is 25.6 Å². The second-order valence-electron chi connectivity index (χ2n) is 5.64. The van der Waals surface area contributed by atoms with Gasteiger partial charge in [0.1, 0.15) is 5.82 Å². The summed E-state index contributed by atoms with van der Waals surface area (Å²) in [6, 6.07) is 6.17. The van der Waals surface area contributed by atoms with Crippen LogP contribution in [0.15, 0.2) is 35.6 Å². The zero-order valence-corrected chi connectivity index (χ0v) is 13.7. The summed E-state index contributed by atoms with van der Waals surface area (Å²) in [5.74, 6) is -0.512. The lowest BCUT2D eigenvalue weighted by atomic mass is 10.1. The molecular formula is C17H22F2N4O. The third kappa shape index (κ3) is 5.57. The molecule has 0 unspecified atom stereocenters.